The molecular weight excluding hydrogens is 865 g/mol. The Labute approximate surface area is 369 Å². The van der Waals surface area contributed by atoms with Crippen molar-refractivity contribution in [2.75, 3.05) is 26.4 Å². The fourth-order valence-corrected chi connectivity index (χ4v) is 10.2. The maximum Gasteiger partial charge on any atom is 0.206 e. The number of hydrogen-bond acceptors (Lipinski definition) is 12. The monoisotopic (exact) mass is 914 g/mol. The summed E-state index contributed by atoms with van der Waals surface area (Å²) >= 11 is 0. The topological polar surface area (TPSA) is 180 Å². The zero-order chi connectivity index (χ0) is 44.7. The number of phenolic OH excluding ortho intramolecular Hbond substituents is 2. The number of ether oxygens (including phenoxy) is 4. The van der Waals surface area contributed by atoms with Crippen LogP contribution < -0.4 is 18.9 Å². The van der Waals surface area contributed by atoms with Crippen molar-refractivity contribution < 1.29 is 54.4 Å². The van der Waals surface area contributed by atoms with Crippen molar-refractivity contribution in [3.63, 3.8) is 0 Å². The zero-order valence-electron chi connectivity index (χ0n) is 34.5. The highest BCUT2D eigenvalue weighted by Crippen LogP contribution is 2.28. The van der Waals surface area contributed by atoms with Crippen LogP contribution >= 0.6 is 0 Å². The van der Waals surface area contributed by atoms with Crippen LogP contribution in [0.2, 0.25) is 0 Å². The predicted octanol–water partition coefficient (Wildman–Crippen LogP) is 9.63. The molecule has 0 unspecified atom stereocenters. The third kappa shape index (κ3) is 13.0. The van der Waals surface area contributed by atoms with Crippen molar-refractivity contribution in [1.29, 1.82) is 0 Å². The minimum Gasteiger partial charge on any atom is -0.508 e. The summed E-state index contributed by atoms with van der Waals surface area (Å²) in [6.45, 7) is 1.94. The molecule has 0 spiro atoms. The standard InChI is InChI=1S/C48H50O12S3/c49-37-9-21-43(22-10-37)61(51,52)45-25-13-39(14-26-45)57-33-5-1-3-7-35-59-41-17-29-47(30-18-41)63(55,56)48-31-19-42(20-32-48)60-36-8-4-2-6-34-58-40-15-27-46(28-16-40)62(53,54)44-23-11-38(50)12-24-44/h9-32,49-50H,1-8,33-36H2. The Balaban J connectivity index is 0.809. The van der Waals surface area contributed by atoms with Crippen molar-refractivity contribution >= 4 is 29.5 Å². The lowest BCUT2D eigenvalue weighted by Gasteiger charge is -2.10. The summed E-state index contributed by atoms with van der Waals surface area (Å²) in [7, 11) is -11.1. The molecule has 6 aromatic rings. The number of benzene rings is 6. The summed E-state index contributed by atoms with van der Waals surface area (Å²) in [4.78, 5) is 0.817. The molecule has 63 heavy (non-hydrogen) atoms. The van der Waals surface area contributed by atoms with E-state index in [2.05, 4.69) is 0 Å². The van der Waals surface area contributed by atoms with Crippen molar-refractivity contribution in [3.8, 4) is 34.5 Å². The average molecular weight is 915 g/mol. The lowest BCUT2D eigenvalue weighted by molar-refractivity contribution is 0.287. The zero-order valence-corrected chi connectivity index (χ0v) is 37.0. The number of hydrogen-bond donors (Lipinski definition) is 2. The van der Waals surface area contributed by atoms with Gasteiger partial charge in [0.15, 0.2) is 0 Å². The molecule has 0 saturated carbocycles. The summed E-state index contributed by atoms with van der Waals surface area (Å²) in [5, 5.41) is 18.9. The van der Waals surface area contributed by atoms with E-state index >= 15 is 0 Å². The van der Waals surface area contributed by atoms with Gasteiger partial charge in [0.1, 0.15) is 34.5 Å². The molecule has 0 bridgehead atoms. The van der Waals surface area contributed by atoms with Gasteiger partial charge in [-0.2, -0.15) is 0 Å². The van der Waals surface area contributed by atoms with Gasteiger partial charge in [0, 0.05) is 0 Å². The van der Waals surface area contributed by atoms with E-state index in [1.807, 2.05) is 0 Å². The summed E-state index contributed by atoms with van der Waals surface area (Å²) in [6, 6.07) is 36.1. The average Bonchev–Trinajstić information content (AvgIpc) is 3.29. The Hall–Kier alpha value is -6.03. The molecule has 0 fully saturated rings. The number of phenols is 2. The van der Waals surface area contributed by atoms with Gasteiger partial charge in [-0.1, -0.05) is 0 Å². The first-order valence-corrected chi connectivity index (χ1v) is 25.0. The molecule has 6 rings (SSSR count). The Kier molecular flexibility index (Phi) is 16.1. The summed E-state index contributed by atoms with van der Waals surface area (Å²) in [5.41, 5.74) is 0. The Morgan fingerprint density at radius 2 is 0.444 bits per heavy atom. The van der Waals surface area contributed by atoms with E-state index in [1.165, 1.54) is 97.1 Å². The summed E-state index contributed by atoms with van der Waals surface area (Å²) in [6.07, 6.45) is 6.91. The normalized spacial score (nSPS) is 11.8. The van der Waals surface area contributed by atoms with Gasteiger partial charge in [0.2, 0.25) is 29.5 Å². The van der Waals surface area contributed by atoms with Gasteiger partial charge in [0.05, 0.1) is 55.8 Å². The fourth-order valence-electron chi connectivity index (χ4n) is 6.39. The number of rotatable bonds is 24. The second-order valence-corrected chi connectivity index (χ2v) is 20.5. The first-order valence-electron chi connectivity index (χ1n) is 20.6. The minimum atomic E-state index is -3.74. The first kappa shape index (κ1) is 46.5. The van der Waals surface area contributed by atoms with Gasteiger partial charge in [-0.15, -0.1) is 0 Å². The maximum atomic E-state index is 13.3. The Morgan fingerprint density at radius 1 is 0.270 bits per heavy atom. The second kappa shape index (κ2) is 21.9. The van der Waals surface area contributed by atoms with Gasteiger partial charge in [-0.05, 0) is 197 Å². The van der Waals surface area contributed by atoms with E-state index in [4.69, 9.17) is 18.9 Å². The van der Waals surface area contributed by atoms with E-state index in [9.17, 15) is 35.5 Å². The molecule has 332 valence electrons. The molecule has 0 aromatic heterocycles. The van der Waals surface area contributed by atoms with Crippen molar-refractivity contribution in [1.82, 2.24) is 0 Å². The van der Waals surface area contributed by atoms with Crippen LogP contribution in [0.3, 0.4) is 0 Å². The van der Waals surface area contributed by atoms with Crippen LogP contribution in [-0.4, -0.2) is 61.9 Å². The highest BCUT2D eigenvalue weighted by Gasteiger charge is 2.20. The van der Waals surface area contributed by atoms with Crippen molar-refractivity contribution in [3.05, 3.63) is 146 Å². The quantitative estimate of drug-likeness (QED) is 0.0550. The van der Waals surface area contributed by atoms with Crippen LogP contribution in [0.15, 0.2) is 175 Å². The van der Waals surface area contributed by atoms with Crippen LogP contribution in [-0.2, 0) is 29.5 Å². The van der Waals surface area contributed by atoms with Crippen LogP contribution in [0.4, 0.5) is 0 Å². The van der Waals surface area contributed by atoms with Crippen LogP contribution in [0.1, 0.15) is 51.4 Å². The van der Waals surface area contributed by atoms with E-state index in [1.54, 1.807) is 48.5 Å². The van der Waals surface area contributed by atoms with Crippen molar-refractivity contribution in [2.45, 2.75) is 80.7 Å². The Bertz CT molecular complexity index is 2500. The molecule has 2 N–H and O–H groups in total. The second-order valence-electron chi connectivity index (χ2n) is 14.6. The largest absolute Gasteiger partial charge is 0.508 e. The molecule has 6 aromatic carbocycles. The first-order chi connectivity index (χ1) is 30.3. The van der Waals surface area contributed by atoms with Gasteiger partial charge < -0.3 is 29.2 Å². The molecule has 0 radical (unpaired) electrons. The number of unbranched alkanes of at least 4 members (excludes halogenated alkanes) is 6. The summed E-state index contributed by atoms with van der Waals surface area (Å²) in [5.74, 6) is 2.31. The predicted molar refractivity (Wildman–Crippen MR) is 237 cm³/mol. The molecule has 0 atom stereocenters. The van der Waals surface area contributed by atoms with Crippen molar-refractivity contribution in [2.24, 2.45) is 0 Å². The molecule has 0 aliphatic carbocycles. The Morgan fingerprint density at radius 3 is 0.635 bits per heavy atom. The van der Waals surface area contributed by atoms with E-state index in [-0.39, 0.29) is 40.9 Å². The molecule has 12 nitrogen and oxygen atoms in total. The molecule has 15 heteroatoms. The van der Waals surface area contributed by atoms with Crippen LogP contribution in [0, 0.1) is 0 Å². The maximum absolute atomic E-state index is 13.3. The lowest BCUT2D eigenvalue weighted by atomic mass is 10.2. The number of aromatic hydroxyl groups is 2. The molecule has 0 aliphatic heterocycles. The third-order valence-electron chi connectivity index (χ3n) is 9.98. The molecular formula is C48H50O12S3. The lowest BCUT2D eigenvalue weighted by Crippen LogP contribution is -2.04. The smallest absolute Gasteiger partial charge is 0.206 e. The SMILES string of the molecule is O=S(=O)(c1ccc(O)cc1)c1ccc(OCCCCCCOc2ccc(S(=O)(=O)c3ccc(OCCCCCCOc4ccc(S(=O)(=O)c5ccc(O)cc5)cc4)cc3)cc2)cc1. The minimum absolute atomic E-state index is 0.00419. The van der Waals surface area contributed by atoms with E-state index < -0.39 is 29.5 Å². The van der Waals surface area contributed by atoms with Crippen LogP contribution in [0.5, 0.6) is 34.5 Å². The highest BCUT2D eigenvalue weighted by molar-refractivity contribution is 7.92. The molecule has 0 amide bonds. The fraction of sp³-hybridized carbons (Fsp3) is 0.250. The van der Waals surface area contributed by atoms with Gasteiger partial charge in [-0.25, -0.2) is 25.3 Å². The van der Waals surface area contributed by atoms with E-state index in [0.717, 1.165) is 51.4 Å². The third-order valence-corrected chi connectivity index (χ3v) is 15.3. The van der Waals surface area contributed by atoms with Gasteiger partial charge in [-0.3, -0.25) is 0 Å². The summed E-state index contributed by atoms with van der Waals surface area (Å²) < 4.78 is 101. The van der Waals surface area contributed by atoms with Gasteiger partial charge in [0.25, 0.3) is 0 Å². The van der Waals surface area contributed by atoms with Gasteiger partial charge >= 0.3 is 0 Å². The molecule has 0 heterocycles. The van der Waals surface area contributed by atoms with Crippen LogP contribution in [0.25, 0.3) is 0 Å². The number of sulfone groups is 3. The highest BCUT2D eigenvalue weighted by atomic mass is 32.2. The molecule has 0 aliphatic rings. The molecule has 0 saturated heterocycles. The van der Waals surface area contributed by atoms with E-state index in [0.29, 0.717) is 49.4 Å².